The van der Waals surface area contributed by atoms with Crippen LogP contribution in [0.25, 0.3) is 0 Å². The van der Waals surface area contributed by atoms with Crippen LogP contribution in [0.15, 0.2) is 27.2 Å². The highest BCUT2D eigenvalue weighted by atomic mass is 16.3. The van der Waals surface area contributed by atoms with Gasteiger partial charge in [-0.1, -0.05) is 0 Å². The van der Waals surface area contributed by atoms with Crippen molar-refractivity contribution >= 4 is 0 Å². The van der Waals surface area contributed by atoms with Crippen molar-refractivity contribution in [1.29, 1.82) is 0 Å². The minimum atomic E-state index is 0.455. The molecule has 0 unspecified atom stereocenters. The fourth-order valence-corrected chi connectivity index (χ4v) is 2.06. The van der Waals surface area contributed by atoms with Gasteiger partial charge in [0.25, 0.3) is 0 Å². The van der Waals surface area contributed by atoms with Crippen molar-refractivity contribution in [3.8, 4) is 0 Å². The molecule has 0 aliphatic rings. The number of nitrogens with zero attached hydrogens (tertiary/aromatic N) is 1. The van der Waals surface area contributed by atoms with Crippen LogP contribution in [0.2, 0.25) is 0 Å². The van der Waals surface area contributed by atoms with Crippen LogP contribution in [0, 0.1) is 13.8 Å². The summed E-state index contributed by atoms with van der Waals surface area (Å²) in [5.41, 5.74) is 7.94. The minimum Gasteiger partial charge on any atom is -0.469 e. The maximum absolute atomic E-state index is 5.69. The quantitative estimate of drug-likeness (QED) is 0.883. The molecule has 2 N–H and O–H groups in total. The average molecular weight is 248 g/mol. The van der Waals surface area contributed by atoms with Crippen LogP contribution in [-0.2, 0) is 19.6 Å². The molecular weight excluding hydrogens is 228 g/mol. The Balaban J connectivity index is 1.98. The largest absolute Gasteiger partial charge is 0.469 e. The molecule has 0 spiro atoms. The first-order chi connectivity index (χ1) is 8.60. The van der Waals surface area contributed by atoms with Gasteiger partial charge < -0.3 is 14.6 Å². The molecule has 2 aromatic heterocycles. The van der Waals surface area contributed by atoms with Gasteiger partial charge in [-0.3, -0.25) is 4.90 Å². The molecule has 2 aromatic rings. The first-order valence-corrected chi connectivity index (χ1v) is 6.10. The Hall–Kier alpha value is -1.52. The van der Waals surface area contributed by atoms with Crippen molar-refractivity contribution < 1.29 is 8.83 Å². The highest BCUT2D eigenvalue weighted by molar-refractivity contribution is 5.20. The van der Waals surface area contributed by atoms with E-state index in [0.717, 1.165) is 35.9 Å². The Labute approximate surface area is 107 Å². The maximum atomic E-state index is 5.69. The molecule has 0 aliphatic heterocycles. The van der Waals surface area contributed by atoms with Gasteiger partial charge in [-0.2, -0.15) is 0 Å². The van der Waals surface area contributed by atoms with E-state index < -0.39 is 0 Å². The van der Waals surface area contributed by atoms with E-state index >= 15 is 0 Å². The molecule has 0 radical (unpaired) electrons. The summed E-state index contributed by atoms with van der Waals surface area (Å²) in [6, 6.07) is 4.06. The molecule has 0 aliphatic carbocycles. The second-order valence-electron chi connectivity index (χ2n) is 4.70. The van der Waals surface area contributed by atoms with Gasteiger partial charge in [0.05, 0.1) is 19.4 Å². The fourth-order valence-electron chi connectivity index (χ4n) is 2.06. The van der Waals surface area contributed by atoms with E-state index in [2.05, 4.69) is 18.0 Å². The van der Waals surface area contributed by atoms with Gasteiger partial charge in [-0.05, 0) is 38.6 Å². The predicted molar refractivity (Wildman–Crippen MR) is 70.0 cm³/mol. The molecule has 0 atom stereocenters. The summed E-state index contributed by atoms with van der Waals surface area (Å²) in [4.78, 5) is 2.19. The first kappa shape index (κ1) is 12.9. The lowest BCUT2D eigenvalue weighted by atomic mass is 10.2. The summed E-state index contributed by atoms with van der Waals surface area (Å²) in [7, 11) is 2.06. The number of furan rings is 2. The highest BCUT2D eigenvalue weighted by Gasteiger charge is 2.10. The van der Waals surface area contributed by atoms with E-state index in [4.69, 9.17) is 14.6 Å². The molecule has 4 heteroatoms. The van der Waals surface area contributed by atoms with Gasteiger partial charge in [-0.15, -0.1) is 0 Å². The van der Waals surface area contributed by atoms with Crippen molar-refractivity contribution in [2.75, 3.05) is 7.05 Å². The van der Waals surface area contributed by atoms with Gasteiger partial charge in [0, 0.05) is 12.1 Å². The van der Waals surface area contributed by atoms with Crippen molar-refractivity contribution in [1.82, 2.24) is 4.90 Å². The molecule has 0 bridgehead atoms. The van der Waals surface area contributed by atoms with Crippen LogP contribution in [0.5, 0.6) is 0 Å². The summed E-state index contributed by atoms with van der Waals surface area (Å²) < 4.78 is 11.0. The third-order valence-corrected chi connectivity index (χ3v) is 3.09. The molecule has 0 saturated carbocycles. The molecule has 4 nitrogen and oxygen atoms in total. The lowest BCUT2D eigenvalue weighted by Crippen LogP contribution is -2.16. The Morgan fingerprint density at radius 2 is 2.06 bits per heavy atom. The number of aryl methyl sites for hydroxylation is 2. The van der Waals surface area contributed by atoms with Crippen LogP contribution >= 0.6 is 0 Å². The van der Waals surface area contributed by atoms with E-state index in [1.807, 2.05) is 19.9 Å². The summed E-state index contributed by atoms with van der Waals surface area (Å²) in [5.74, 6) is 2.80. The van der Waals surface area contributed by atoms with E-state index in [1.54, 1.807) is 6.26 Å². The number of hydrogen-bond donors (Lipinski definition) is 1. The molecule has 2 rings (SSSR count). The summed E-state index contributed by atoms with van der Waals surface area (Å²) in [5, 5.41) is 0. The topological polar surface area (TPSA) is 55.5 Å². The number of nitrogens with two attached hydrogens (primary N) is 1. The Kier molecular flexibility index (Phi) is 3.89. The lowest BCUT2D eigenvalue weighted by Gasteiger charge is -2.14. The number of hydrogen-bond acceptors (Lipinski definition) is 4. The predicted octanol–water partition coefficient (Wildman–Crippen LogP) is 2.58. The Morgan fingerprint density at radius 3 is 2.61 bits per heavy atom. The minimum absolute atomic E-state index is 0.455. The maximum Gasteiger partial charge on any atom is 0.120 e. The van der Waals surface area contributed by atoms with Gasteiger partial charge in [0.2, 0.25) is 0 Å². The van der Waals surface area contributed by atoms with Gasteiger partial charge in [0.1, 0.15) is 17.3 Å². The van der Waals surface area contributed by atoms with Crippen molar-refractivity contribution in [2.24, 2.45) is 5.73 Å². The van der Waals surface area contributed by atoms with Gasteiger partial charge in [0.15, 0.2) is 0 Å². The van der Waals surface area contributed by atoms with Gasteiger partial charge in [-0.25, -0.2) is 0 Å². The normalized spacial score (nSPS) is 11.4. The van der Waals surface area contributed by atoms with E-state index in [0.29, 0.717) is 6.54 Å². The standard InChI is InChI=1S/C14H20N2O2/c1-10-6-13(18-14(10)7-15)9-16(3)8-12-4-5-17-11(12)2/h4-6H,7-9,15H2,1-3H3. The fraction of sp³-hybridized carbons (Fsp3) is 0.429. The number of rotatable bonds is 5. The average Bonchev–Trinajstić information content (AvgIpc) is 2.86. The van der Waals surface area contributed by atoms with Crippen LogP contribution < -0.4 is 5.73 Å². The van der Waals surface area contributed by atoms with Gasteiger partial charge >= 0.3 is 0 Å². The Bertz CT molecular complexity index is 514. The second-order valence-corrected chi connectivity index (χ2v) is 4.70. The molecule has 0 saturated heterocycles. The molecular formula is C14H20N2O2. The second kappa shape index (κ2) is 5.42. The summed E-state index contributed by atoms with van der Waals surface area (Å²) in [6.45, 7) is 6.07. The van der Waals surface area contributed by atoms with E-state index in [1.165, 1.54) is 5.56 Å². The Morgan fingerprint density at radius 1 is 1.28 bits per heavy atom. The molecule has 18 heavy (non-hydrogen) atoms. The summed E-state index contributed by atoms with van der Waals surface area (Å²) in [6.07, 6.45) is 1.72. The van der Waals surface area contributed by atoms with Crippen LogP contribution in [0.4, 0.5) is 0 Å². The SMILES string of the molecule is Cc1cc(CN(C)Cc2ccoc2C)oc1CN. The first-order valence-electron chi connectivity index (χ1n) is 6.10. The van der Waals surface area contributed by atoms with E-state index in [-0.39, 0.29) is 0 Å². The van der Waals surface area contributed by atoms with Crippen LogP contribution in [0.3, 0.4) is 0 Å². The third kappa shape index (κ3) is 2.83. The van der Waals surface area contributed by atoms with Crippen LogP contribution in [-0.4, -0.2) is 11.9 Å². The van der Waals surface area contributed by atoms with E-state index in [9.17, 15) is 0 Å². The summed E-state index contributed by atoms with van der Waals surface area (Å²) >= 11 is 0. The lowest BCUT2D eigenvalue weighted by molar-refractivity contribution is 0.282. The van der Waals surface area contributed by atoms with Crippen molar-refractivity contribution in [3.05, 3.63) is 46.8 Å². The molecule has 0 aromatic carbocycles. The molecule has 0 fully saturated rings. The van der Waals surface area contributed by atoms with Crippen LogP contribution in [0.1, 0.15) is 28.4 Å². The van der Waals surface area contributed by atoms with Crippen molar-refractivity contribution in [3.63, 3.8) is 0 Å². The molecule has 2 heterocycles. The monoisotopic (exact) mass is 248 g/mol. The third-order valence-electron chi connectivity index (χ3n) is 3.09. The zero-order valence-corrected chi connectivity index (χ0v) is 11.2. The van der Waals surface area contributed by atoms with Crippen molar-refractivity contribution in [2.45, 2.75) is 33.5 Å². The zero-order valence-electron chi connectivity index (χ0n) is 11.2. The highest BCUT2D eigenvalue weighted by Crippen LogP contribution is 2.17. The smallest absolute Gasteiger partial charge is 0.120 e. The zero-order chi connectivity index (χ0) is 13.1. The molecule has 98 valence electrons. The molecule has 0 amide bonds.